The average Bonchev–Trinajstić information content (AvgIpc) is 2.84. The van der Waals surface area contributed by atoms with Crippen LogP contribution in [0.15, 0.2) is 60.7 Å². The van der Waals surface area contributed by atoms with Gasteiger partial charge in [-0.3, -0.25) is 9.78 Å². The topological polar surface area (TPSA) is 66.9 Å². The molecule has 39 heavy (non-hydrogen) atoms. The lowest BCUT2D eigenvalue weighted by Crippen LogP contribution is -2.26. The van der Waals surface area contributed by atoms with E-state index in [-0.39, 0.29) is 5.75 Å². The van der Waals surface area contributed by atoms with Crippen molar-refractivity contribution in [3.63, 3.8) is 0 Å². The van der Waals surface area contributed by atoms with Crippen LogP contribution in [0.4, 0.5) is 13.2 Å². The van der Waals surface area contributed by atoms with Crippen LogP contribution in [0, 0.1) is 12.3 Å². The second kappa shape index (κ2) is 10.6. The molecule has 10 heteroatoms. The number of pyridine rings is 1. The van der Waals surface area contributed by atoms with Gasteiger partial charge in [0.05, 0.1) is 23.1 Å². The smallest absolute Gasteiger partial charge is 0.495 e. The summed E-state index contributed by atoms with van der Waals surface area (Å²) in [6.07, 6.45) is -4.77. The van der Waals surface area contributed by atoms with Crippen LogP contribution in [0.3, 0.4) is 0 Å². The number of halogens is 4. The van der Waals surface area contributed by atoms with Crippen molar-refractivity contribution in [1.82, 2.24) is 4.98 Å². The molecule has 0 amide bonds. The predicted molar refractivity (Wildman–Crippen MR) is 142 cm³/mol. The summed E-state index contributed by atoms with van der Waals surface area (Å²) in [5.74, 6) is 0.743. The molecule has 0 atom stereocenters. The van der Waals surface area contributed by atoms with Crippen molar-refractivity contribution >= 4 is 28.5 Å². The molecule has 1 aromatic heterocycles. The number of alkyl halides is 3. The van der Waals surface area contributed by atoms with E-state index in [2.05, 4.69) is 4.74 Å². The minimum absolute atomic E-state index is 0.316. The Morgan fingerprint density at radius 1 is 0.897 bits per heavy atom. The van der Waals surface area contributed by atoms with Gasteiger partial charge in [0.1, 0.15) is 28.7 Å². The SMILES string of the molecule is COc1cc2nc(C)c(-c3ccc(Oc4ccc(OC(F)(F)F)cc4)cc3)c(OC(=O)C(C)(C)C)c2cc1Cl. The molecule has 0 bridgehead atoms. The molecule has 0 spiro atoms. The minimum Gasteiger partial charge on any atom is -0.495 e. The molecule has 6 nitrogen and oxygen atoms in total. The molecule has 0 aliphatic heterocycles. The number of carbonyl (C=O) groups excluding carboxylic acids is 1. The Balaban J connectivity index is 1.71. The summed E-state index contributed by atoms with van der Waals surface area (Å²) in [5, 5.41) is 0.880. The number of hydrogen-bond acceptors (Lipinski definition) is 6. The van der Waals surface area contributed by atoms with Crippen molar-refractivity contribution in [3.05, 3.63) is 71.4 Å². The Bertz CT molecular complexity index is 1510. The van der Waals surface area contributed by atoms with E-state index in [9.17, 15) is 18.0 Å². The van der Waals surface area contributed by atoms with Gasteiger partial charge < -0.3 is 18.9 Å². The average molecular weight is 560 g/mol. The highest BCUT2D eigenvalue weighted by atomic mass is 35.5. The predicted octanol–water partition coefficient (Wildman–Crippen LogP) is 8.51. The minimum atomic E-state index is -4.77. The Kier molecular flexibility index (Phi) is 7.66. The van der Waals surface area contributed by atoms with Crippen molar-refractivity contribution < 1.29 is 36.9 Å². The number of aromatic nitrogens is 1. The summed E-state index contributed by atoms with van der Waals surface area (Å²) >= 11 is 6.41. The largest absolute Gasteiger partial charge is 0.573 e. The first-order valence-electron chi connectivity index (χ1n) is 11.8. The summed E-state index contributed by atoms with van der Waals surface area (Å²) in [6.45, 7) is 7.08. The fourth-order valence-corrected chi connectivity index (χ4v) is 3.98. The number of esters is 1. The van der Waals surface area contributed by atoms with Crippen LogP contribution in [0.25, 0.3) is 22.0 Å². The molecule has 0 radical (unpaired) electrons. The molecule has 0 fully saturated rings. The Morgan fingerprint density at radius 2 is 1.46 bits per heavy atom. The van der Waals surface area contributed by atoms with Gasteiger partial charge in [0.15, 0.2) is 0 Å². The van der Waals surface area contributed by atoms with Crippen molar-refractivity contribution in [3.8, 4) is 39.9 Å². The highest BCUT2D eigenvalue weighted by molar-refractivity contribution is 6.33. The Labute approximate surface area is 228 Å². The number of methoxy groups -OCH3 is 1. The number of aryl methyl sites for hydroxylation is 1. The van der Waals surface area contributed by atoms with Crippen LogP contribution < -0.4 is 18.9 Å². The van der Waals surface area contributed by atoms with Crippen molar-refractivity contribution in [2.24, 2.45) is 5.41 Å². The standard InChI is InChI=1S/C29H25ClF3NO5/c1-16-25(17-6-8-18(9-7-17)37-19-10-12-20(13-11-19)39-29(31,32)33)26(38-27(35)28(2,3)4)21-14-22(30)24(36-5)15-23(21)34-16/h6-15H,1-5H3. The molecule has 0 N–H and O–H groups in total. The van der Waals surface area contributed by atoms with Crippen LogP contribution in [0.2, 0.25) is 5.02 Å². The molecule has 0 saturated heterocycles. The van der Waals surface area contributed by atoms with E-state index in [0.29, 0.717) is 55.7 Å². The van der Waals surface area contributed by atoms with E-state index in [1.54, 1.807) is 64.1 Å². The second-order valence-electron chi connectivity index (χ2n) is 9.69. The number of fused-ring (bicyclic) bond motifs is 1. The van der Waals surface area contributed by atoms with Crippen LogP contribution in [-0.2, 0) is 4.79 Å². The lowest BCUT2D eigenvalue weighted by molar-refractivity contribution is -0.274. The van der Waals surface area contributed by atoms with Crippen molar-refractivity contribution in [2.75, 3.05) is 7.11 Å². The van der Waals surface area contributed by atoms with Crippen LogP contribution in [0.1, 0.15) is 26.5 Å². The highest BCUT2D eigenvalue weighted by Gasteiger charge is 2.31. The molecular formula is C29H25ClF3NO5. The van der Waals surface area contributed by atoms with E-state index >= 15 is 0 Å². The normalized spacial score (nSPS) is 11.8. The molecule has 0 unspecified atom stereocenters. The van der Waals surface area contributed by atoms with Gasteiger partial charge >= 0.3 is 12.3 Å². The van der Waals surface area contributed by atoms with Crippen molar-refractivity contribution in [2.45, 2.75) is 34.1 Å². The zero-order chi connectivity index (χ0) is 28.5. The third kappa shape index (κ3) is 6.54. The van der Waals surface area contributed by atoms with Gasteiger partial charge in [-0.25, -0.2) is 0 Å². The molecule has 0 aliphatic carbocycles. The highest BCUT2D eigenvalue weighted by Crippen LogP contribution is 2.43. The fraction of sp³-hybridized carbons (Fsp3) is 0.241. The first kappa shape index (κ1) is 28.0. The summed E-state index contributed by atoms with van der Waals surface area (Å²) < 4.78 is 58.1. The maximum Gasteiger partial charge on any atom is 0.573 e. The molecule has 4 rings (SSSR count). The Hall–Kier alpha value is -3.98. The first-order chi connectivity index (χ1) is 18.2. The number of ether oxygens (including phenoxy) is 4. The number of rotatable bonds is 6. The molecular weight excluding hydrogens is 535 g/mol. The van der Waals surface area contributed by atoms with Gasteiger partial charge in [-0.15, -0.1) is 13.2 Å². The zero-order valence-corrected chi connectivity index (χ0v) is 22.5. The number of benzene rings is 3. The Morgan fingerprint density at radius 3 is 2.00 bits per heavy atom. The molecule has 204 valence electrons. The van der Waals surface area contributed by atoms with Crippen LogP contribution >= 0.6 is 11.6 Å². The van der Waals surface area contributed by atoms with E-state index in [0.717, 1.165) is 12.1 Å². The maximum atomic E-state index is 12.9. The first-order valence-corrected chi connectivity index (χ1v) is 12.2. The molecule has 3 aromatic carbocycles. The van der Waals surface area contributed by atoms with Gasteiger partial charge in [-0.1, -0.05) is 23.7 Å². The van der Waals surface area contributed by atoms with Gasteiger partial charge in [-0.05, 0) is 75.7 Å². The molecule has 1 heterocycles. The van der Waals surface area contributed by atoms with E-state index in [4.69, 9.17) is 30.8 Å². The third-order valence-electron chi connectivity index (χ3n) is 5.63. The quantitative estimate of drug-likeness (QED) is 0.221. The van der Waals surface area contributed by atoms with Gasteiger partial charge in [0.25, 0.3) is 0 Å². The summed E-state index contributed by atoms with van der Waals surface area (Å²) in [4.78, 5) is 17.6. The molecule has 4 aromatic rings. The van der Waals surface area contributed by atoms with Gasteiger partial charge in [-0.2, -0.15) is 0 Å². The lowest BCUT2D eigenvalue weighted by Gasteiger charge is -2.21. The van der Waals surface area contributed by atoms with Gasteiger partial charge in [0, 0.05) is 22.7 Å². The second-order valence-corrected chi connectivity index (χ2v) is 10.1. The van der Waals surface area contributed by atoms with Crippen LogP contribution in [0.5, 0.6) is 28.7 Å². The summed E-state index contributed by atoms with van der Waals surface area (Å²) in [6, 6.07) is 15.3. The molecule has 0 aliphatic rings. The van der Waals surface area contributed by atoms with E-state index < -0.39 is 17.7 Å². The third-order valence-corrected chi connectivity index (χ3v) is 5.93. The van der Waals surface area contributed by atoms with E-state index in [1.807, 2.05) is 0 Å². The summed E-state index contributed by atoms with van der Waals surface area (Å²) in [5.41, 5.74) is 1.69. The number of hydrogen-bond donors (Lipinski definition) is 0. The number of carbonyl (C=O) groups is 1. The lowest BCUT2D eigenvalue weighted by atomic mass is 9.96. The van der Waals surface area contributed by atoms with E-state index in [1.165, 1.54) is 19.2 Å². The zero-order valence-electron chi connectivity index (χ0n) is 21.8. The maximum absolute atomic E-state index is 12.9. The monoisotopic (exact) mass is 559 g/mol. The number of nitrogens with zero attached hydrogens (tertiary/aromatic N) is 1. The summed E-state index contributed by atoms with van der Waals surface area (Å²) in [7, 11) is 1.50. The fourth-order valence-electron chi connectivity index (χ4n) is 3.74. The molecule has 0 saturated carbocycles. The van der Waals surface area contributed by atoms with Crippen LogP contribution in [-0.4, -0.2) is 24.4 Å². The van der Waals surface area contributed by atoms with Gasteiger partial charge in [0.2, 0.25) is 0 Å². The van der Waals surface area contributed by atoms with Crippen molar-refractivity contribution in [1.29, 1.82) is 0 Å².